The Hall–Kier alpha value is -3.07. The van der Waals surface area contributed by atoms with E-state index in [-0.39, 0.29) is 21.8 Å². The van der Waals surface area contributed by atoms with Gasteiger partial charge in [0.2, 0.25) is 0 Å². The Morgan fingerprint density at radius 1 is 1.07 bits per heavy atom. The molecule has 0 saturated carbocycles. The summed E-state index contributed by atoms with van der Waals surface area (Å²) in [6, 6.07) is 4.82. The van der Waals surface area contributed by atoms with Crippen molar-refractivity contribution in [1.29, 1.82) is 0 Å². The van der Waals surface area contributed by atoms with Gasteiger partial charge < -0.3 is 5.32 Å². The van der Waals surface area contributed by atoms with Crippen molar-refractivity contribution >= 4 is 29.2 Å². The van der Waals surface area contributed by atoms with Crippen LogP contribution in [-0.2, 0) is 4.79 Å². The van der Waals surface area contributed by atoms with Crippen LogP contribution in [0, 0.1) is 5.82 Å². The molecular formula is C18H21FN5O3+. The normalized spacial score (nSPS) is 15.8. The van der Waals surface area contributed by atoms with Crippen LogP contribution >= 0.6 is 0 Å². The van der Waals surface area contributed by atoms with E-state index in [2.05, 4.69) is 20.8 Å². The van der Waals surface area contributed by atoms with Crippen LogP contribution in [0.4, 0.5) is 20.6 Å². The fourth-order valence-corrected chi connectivity index (χ4v) is 3.22. The highest BCUT2D eigenvalue weighted by atomic mass is 19.1. The van der Waals surface area contributed by atoms with Gasteiger partial charge >= 0.3 is 11.9 Å². The van der Waals surface area contributed by atoms with Crippen LogP contribution in [0.25, 0.3) is 0 Å². The molecule has 0 atom stereocenters. The summed E-state index contributed by atoms with van der Waals surface area (Å²) < 4.78 is 12.7. The second-order valence-corrected chi connectivity index (χ2v) is 6.54. The monoisotopic (exact) mass is 374 g/mol. The molecule has 0 unspecified atom stereocenters. The zero-order chi connectivity index (χ0) is 19.4. The molecule has 1 saturated heterocycles. The van der Waals surface area contributed by atoms with Gasteiger partial charge in [-0.25, -0.2) is 14.0 Å². The number of nitrogens with zero attached hydrogens (tertiary/aromatic N) is 2. The van der Waals surface area contributed by atoms with Crippen LogP contribution in [0.3, 0.4) is 0 Å². The van der Waals surface area contributed by atoms with E-state index >= 15 is 0 Å². The molecule has 0 bridgehead atoms. The van der Waals surface area contributed by atoms with Crippen molar-refractivity contribution in [3.8, 4) is 0 Å². The lowest BCUT2D eigenvalue weighted by molar-refractivity contribution is -0.776. The lowest BCUT2D eigenvalue weighted by Crippen LogP contribution is -2.60. The Balaban J connectivity index is 1.76. The number of hydrogen-bond acceptors (Lipinski definition) is 4. The number of quaternary nitrogens is 1. The van der Waals surface area contributed by atoms with Gasteiger partial charge in [-0.15, -0.1) is 0 Å². The minimum Gasteiger partial charge on any atom is -0.321 e. The van der Waals surface area contributed by atoms with Gasteiger partial charge in [-0.2, -0.15) is 9.58 Å². The van der Waals surface area contributed by atoms with Gasteiger partial charge in [-0.3, -0.25) is 15.2 Å². The van der Waals surface area contributed by atoms with E-state index < -0.39 is 17.8 Å². The van der Waals surface area contributed by atoms with Crippen molar-refractivity contribution in [2.75, 3.05) is 23.7 Å². The molecule has 1 aliphatic rings. The molecule has 1 aliphatic heterocycles. The van der Waals surface area contributed by atoms with Gasteiger partial charge in [0.1, 0.15) is 11.5 Å². The second kappa shape index (κ2) is 7.67. The maximum Gasteiger partial charge on any atom is 0.428 e. The van der Waals surface area contributed by atoms with E-state index in [4.69, 9.17) is 0 Å². The van der Waals surface area contributed by atoms with Crippen LogP contribution in [0.15, 0.2) is 30.5 Å². The van der Waals surface area contributed by atoms with Gasteiger partial charge in [-0.05, 0) is 43.5 Å². The molecule has 0 aliphatic carbocycles. The van der Waals surface area contributed by atoms with Gasteiger partial charge in [0.05, 0.1) is 31.9 Å². The summed E-state index contributed by atoms with van der Waals surface area (Å²) >= 11 is 0. The summed E-state index contributed by atoms with van der Waals surface area (Å²) in [5, 5.41) is 11.6. The third-order valence-corrected chi connectivity index (χ3v) is 4.78. The fourth-order valence-electron chi connectivity index (χ4n) is 3.22. The van der Waals surface area contributed by atoms with Crippen molar-refractivity contribution in [3.63, 3.8) is 0 Å². The molecule has 1 aromatic heterocycles. The lowest BCUT2D eigenvalue weighted by atomic mass is 10.1. The van der Waals surface area contributed by atoms with Gasteiger partial charge in [-0.1, -0.05) is 0 Å². The zero-order valence-electron chi connectivity index (χ0n) is 14.9. The highest BCUT2D eigenvalue weighted by Crippen LogP contribution is 2.23. The molecule has 0 spiro atoms. The third kappa shape index (κ3) is 3.87. The van der Waals surface area contributed by atoms with Crippen LogP contribution in [-0.4, -0.2) is 45.6 Å². The average Bonchev–Trinajstić information content (AvgIpc) is 3.12. The SMILES string of the molecule is CC(=O)[N+]1(C(=O)Nc2cn[nH]c2C(=O)Nc2ccc(F)cc2)CCCCC1. The highest BCUT2D eigenvalue weighted by Gasteiger charge is 2.43. The van der Waals surface area contributed by atoms with Gasteiger partial charge in [0.25, 0.3) is 5.91 Å². The maximum atomic E-state index is 13.0. The van der Waals surface area contributed by atoms with Crippen LogP contribution < -0.4 is 10.6 Å². The zero-order valence-corrected chi connectivity index (χ0v) is 14.9. The molecule has 8 nitrogen and oxygen atoms in total. The predicted octanol–water partition coefficient (Wildman–Crippen LogP) is 2.88. The van der Waals surface area contributed by atoms with Crippen molar-refractivity contribution in [1.82, 2.24) is 10.2 Å². The van der Waals surface area contributed by atoms with Crippen LogP contribution in [0.1, 0.15) is 36.7 Å². The van der Waals surface area contributed by atoms with E-state index in [1.807, 2.05) is 0 Å². The van der Waals surface area contributed by atoms with Crippen molar-refractivity contribution in [2.45, 2.75) is 26.2 Å². The number of carbonyl (C=O) groups excluding carboxylic acids is 3. The first-order chi connectivity index (χ1) is 12.9. The molecule has 1 fully saturated rings. The summed E-state index contributed by atoms with van der Waals surface area (Å²) in [7, 11) is 0. The number of H-pyrrole nitrogens is 1. The number of anilines is 2. The number of amides is 4. The number of urea groups is 1. The highest BCUT2D eigenvalue weighted by molar-refractivity contribution is 6.08. The largest absolute Gasteiger partial charge is 0.428 e. The molecule has 4 amide bonds. The number of piperidine rings is 1. The Morgan fingerprint density at radius 3 is 2.37 bits per heavy atom. The molecule has 3 N–H and O–H groups in total. The number of aromatic amines is 1. The lowest BCUT2D eigenvalue weighted by Gasteiger charge is -2.34. The first kappa shape index (κ1) is 18.7. The summed E-state index contributed by atoms with van der Waals surface area (Å²) in [6.45, 7) is 2.29. The number of rotatable bonds is 3. The van der Waals surface area contributed by atoms with Crippen molar-refractivity contribution < 1.29 is 23.3 Å². The number of likely N-dealkylation sites (tertiary alicyclic amines) is 1. The summed E-state index contributed by atoms with van der Waals surface area (Å²) in [5.41, 5.74) is 0.631. The van der Waals surface area contributed by atoms with E-state index in [0.717, 1.165) is 19.3 Å². The quantitative estimate of drug-likeness (QED) is 0.719. The summed E-state index contributed by atoms with van der Waals surface area (Å²) in [6.07, 6.45) is 3.88. The molecule has 27 heavy (non-hydrogen) atoms. The molecule has 2 heterocycles. The number of benzene rings is 1. The van der Waals surface area contributed by atoms with Crippen LogP contribution in [0.2, 0.25) is 0 Å². The smallest absolute Gasteiger partial charge is 0.321 e. The van der Waals surface area contributed by atoms with E-state index in [1.165, 1.54) is 37.4 Å². The minimum atomic E-state index is -0.539. The van der Waals surface area contributed by atoms with Gasteiger partial charge in [0.15, 0.2) is 0 Å². The molecule has 2 aromatic rings. The molecule has 142 valence electrons. The standard InChI is InChI=1S/C18H20FN5O3/c1-12(25)24(9-3-2-4-10-24)18(27)22-15-11-20-23-16(15)17(26)21-14-7-5-13(19)6-8-14/h5-8,11H,2-4,9-10H2,1H3,(H2-,20,21,22,23,26,27)/p+1. The Morgan fingerprint density at radius 2 is 1.74 bits per heavy atom. The summed E-state index contributed by atoms with van der Waals surface area (Å²) in [5.74, 6) is -1.18. The minimum absolute atomic E-state index is 0.0476. The molecule has 9 heteroatoms. The predicted molar refractivity (Wildman–Crippen MR) is 96.5 cm³/mol. The van der Waals surface area contributed by atoms with E-state index in [9.17, 15) is 18.8 Å². The van der Waals surface area contributed by atoms with Crippen molar-refractivity contribution in [3.05, 3.63) is 42.0 Å². The van der Waals surface area contributed by atoms with E-state index in [0.29, 0.717) is 18.8 Å². The van der Waals surface area contributed by atoms with E-state index in [1.54, 1.807) is 0 Å². The molecular weight excluding hydrogens is 353 g/mol. The molecule has 3 rings (SSSR count). The Bertz CT molecular complexity index is 856. The number of nitrogens with one attached hydrogen (secondary N) is 3. The Labute approximate surface area is 155 Å². The summed E-state index contributed by atoms with van der Waals surface area (Å²) in [4.78, 5) is 37.4. The first-order valence-electron chi connectivity index (χ1n) is 8.72. The number of carbonyl (C=O) groups is 3. The second-order valence-electron chi connectivity index (χ2n) is 6.54. The van der Waals surface area contributed by atoms with Crippen LogP contribution in [0.5, 0.6) is 0 Å². The van der Waals surface area contributed by atoms with Gasteiger partial charge in [0, 0.05) is 5.69 Å². The number of hydrogen-bond donors (Lipinski definition) is 3. The number of aromatic nitrogens is 2. The molecule has 1 aromatic carbocycles. The first-order valence-corrected chi connectivity index (χ1v) is 8.72. The Kier molecular flexibility index (Phi) is 5.31. The topological polar surface area (TPSA) is 104 Å². The maximum absolute atomic E-state index is 13.0. The molecule has 0 radical (unpaired) electrons. The fraction of sp³-hybridized carbons (Fsp3) is 0.333. The average molecular weight is 374 g/mol. The van der Waals surface area contributed by atoms with Crippen molar-refractivity contribution in [2.24, 2.45) is 0 Å². The number of halogens is 1. The third-order valence-electron chi connectivity index (χ3n) is 4.78. The number of imide groups is 1.